The van der Waals surface area contributed by atoms with Gasteiger partial charge in [0.2, 0.25) is 5.95 Å². The molecule has 1 aliphatic heterocycles. The van der Waals surface area contributed by atoms with Gasteiger partial charge in [-0.2, -0.15) is 0 Å². The van der Waals surface area contributed by atoms with Crippen LogP contribution in [0.2, 0.25) is 0 Å². The molecule has 1 saturated carbocycles. The lowest BCUT2D eigenvalue weighted by atomic mass is 10.2. The summed E-state index contributed by atoms with van der Waals surface area (Å²) in [4.78, 5) is 28.4. The molecule has 3 aromatic heterocycles. The summed E-state index contributed by atoms with van der Waals surface area (Å²) < 4.78 is 2.08. The third-order valence-corrected chi connectivity index (χ3v) is 5.82. The first kappa shape index (κ1) is 18.8. The van der Waals surface area contributed by atoms with E-state index in [4.69, 9.17) is 0 Å². The lowest BCUT2D eigenvalue weighted by Crippen LogP contribution is -2.25. The lowest BCUT2D eigenvalue weighted by Gasteiger charge is -2.14. The van der Waals surface area contributed by atoms with Crippen LogP contribution in [0, 0.1) is 5.92 Å². The van der Waals surface area contributed by atoms with E-state index in [1.165, 1.54) is 25.7 Å². The number of hydrogen-bond acceptors (Lipinski definition) is 5. The van der Waals surface area contributed by atoms with E-state index in [9.17, 15) is 4.79 Å². The number of nitrogens with one attached hydrogen (secondary N) is 1. The molecule has 1 amide bonds. The highest BCUT2D eigenvalue weighted by molar-refractivity contribution is 5.94. The smallest absolute Gasteiger partial charge is 0.268 e. The van der Waals surface area contributed by atoms with Gasteiger partial charge in [0.15, 0.2) is 0 Å². The Bertz CT molecular complexity index is 1000. The standard InChI is InChI=1S/C23H26N6O/c30-22(25-12-18-4-3-7-24-11-18)21-10-19(16-29(21)15-17-5-6-17)20-13-26-23(27-14-20)28-8-1-2-9-28/h3-4,7,10-11,13-14,16-17H,1-2,5-6,8-9,12,15H2,(H,25,30). The van der Waals surface area contributed by atoms with Crippen molar-refractivity contribution in [1.82, 2.24) is 24.8 Å². The van der Waals surface area contributed by atoms with Crippen LogP contribution in [0.25, 0.3) is 11.1 Å². The number of aromatic nitrogens is 4. The van der Waals surface area contributed by atoms with Crippen LogP contribution in [-0.2, 0) is 13.1 Å². The Morgan fingerprint density at radius 2 is 1.90 bits per heavy atom. The van der Waals surface area contributed by atoms with Crippen LogP contribution in [0.1, 0.15) is 41.7 Å². The minimum absolute atomic E-state index is 0.0691. The quantitative estimate of drug-likeness (QED) is 0.656. The zero-order chi connectivity index (χ0) is 20.3. The largest absolute Gasteiger partial charge is 0.347 e. The number of pyridine rings is 1. The predicted octanol–water partition coefficient (Wildman–Crippen LogP) is 3.28. The van der Waals surface area contributed by atoms with Gasteiger partial charge in [0, 0.05) is 68.3 Å². The van der Waals surface area contributed by atoms with E-state index < -0.39 is 0 Å². The highest BCUT2D eigenvalue weighted by atomic mass is 16.1. The Balaban J connectivity index is 1.35. The average Bonchev–Trinajstić information content (AvgIpc) is 3.26. The van der Waals surface area contributed by atoms with Gasteiger partial charge in [-0.1, -0.05) is 6.07 Å². The fourth-order valence-electron chi connectivity index (χ4n) is 3.91. The topological polar surface area (TPSA) is 75.9 Å². The van der Waals surface area contributed by atoms with Crippen LogP contribution in [0.15, 0.2) is 49.2 Å². The Morgan fingerprint density at radius 1 is 1.10 bits per heavy atom. The molecule has 0 unspecified atom stereocenters. The maximum Gasteiger partial charge on any atom is 0.268 e. The third kappa shape index (κ3) is 4.20. The molecule has 5 rings (SSSR count). The SMILES string of the molecule is O=C(NCc1cccnc1)c1cc(-c2cnc(N3CCCC3)nc2)cn1CC1CC1. The maximum atomic E-state index is 12.9. The van der Waals surface area contributed by atoms with Gasteiger partial charge in [-0.25, -0.2) is 9.97 Å². The lowest BCUT2D eigenvalue weighted by molar-refractivity contribution is 0.0941. The van der Waals surface area contributed by atoms with Crippen molar-refractivity contribution >= 4 is 11.9 Å². The summed E-state index contributed by atoms with van der Waals surface area (Å²) in [5, 5.41) is 3.02. The second-order valence-corrected chi connectivity index (χ2v) is 8.22. The molecule has 0 bridgehead atoms. The van der Waals surface area contributed by atoms with E-state index in [-0.39, 0.29) is 5.91 Å². The van der Waals surface area contributed by atoms with Gasteiger partial charge in [0.05, 0.1) is 0 Å². The van der Waals surface area contributed by atoms with Crippen LogP contribution in [0.4, 0.5) is 5.95 Å². The highest BCUT2D eigenvalue weighted by Gasteiger charge is 2.25. The van der Waals surface area contributed by atoms with Crippen molar-refractivity contribution in [3.05, 3.63) is 60.4 Å². The van der Waals surface area contributed by atoms with Crippen LogP contribution in [0.5, 0.6) is 0 Å². The van der Waals surface area contributed by atoms with Crippen molar-refractivity contribution in [2.45, 2.75) is 38.8 Å². The van der Waals surface area contributed by atoms with Gasteiger partial charge >= 0.3 is 0 Å². The first-order valence-corrected chi connectivity index (χ1v) is 10.7. The molecule has 0 spiro atoms. The third-order valence-electron chi connectivity index (χ3n) is 5.82. The van der Waals surface area contributed by atoms with E-state index in [1.807, 2.05) is 30.6 Å². The zero-order valence-corrected chi connectivity index (χ0v) is 17.0. The van der Waals surface area contributed by atoms with Crippen molar-refractivity contribution in [1.29, 1.82) is 0 Å². The minimum atomic E-state index is -0.0691. The van der Waals surface area contributed by atoms with Crippen molar-refractivity contribution in [2.75, 3.05) is 18.0 Å². The van der Waals surface area contributed by atoms with E-state index in [0.717, 1.165) is 42.3 Å². The molecule has 2 fully saturated rings. The molecule has 0 atom stereocenters. The fourth-order valence-corrected chi connectivity index (χ4v) is 3.91. The van der Waals surface area contributed by atoms with Crippen molar-refractivity contribution < 1.29 is 4.79 Å². The molecule has 4 heterocycles. The first-order chi connectivity index (χ1) is 14.8. The summed E-state index contributed by atoms with van der Waals surface area (Å²) in [5.74, 6) is 1.40. The van der Waals surface area contributed by atoms with Gasteiger partial charge in [0.25, 0.3) is 5.91 Å². The second-order valence-electron chi connectivity index (χ2n) is 8.22. The summed E-state index contributed by atoms with van der Waals surface area (Å²) >= 11 is 0. The number of carbonyl (C=O) groups excluding carboxylic acids is 1. The monoisotopic (exact) mass is 402 g/mol. The highest BCUT2D eigenvalue weighted by Crippen LogP contribution is 2.32. The predicted molar refractivity (Wildman–Crippen MR) is 115 cm³/mol. The average molecular weight is 403 g/mol. The molecule has 7 nitrogen and oxygen atoms in total. The molecule has 1 saturated heterocycles. The molecule has 1 N–H and O–H groups in total. The minimum Gasteiger partial charge on any atom is -0.347 e. The molecular weight excluding hydrogens is 376 g/mol. The maximum absolute atomic E-state index is 12.9. The van der Waals surface area contributed by atoms with E-state index in [2.05, 4.69) is 35.9 Å². The van der Waals surface area contributed by atoms with E-state index in [1.54, 1.807) is 12.4 Å². The summed E-state index contributed by atoms with van der Waals surface area (Å²) in [6.07, 6.45) is 14.2. The first-order valence-electron chi connectivity index (χ1n) is 10.7. The summed E-state index contributed by atoms with van der Waals surface area (Å²) in [5.41, 5.74) is 3.59. The molecule has 3 aromatic rings. The van der Waals surface area contributed by atoms with Crippen molar-refractivity contribution in [3.8, 4) is 11.1 Å². The fraction of sp³-hybridized carbons (Fsp3) is 0.391. The van der Waals surface area contributed by atoms with Crippen LogP contribution in [-0.4, -0.2) is 38.5 Å². The molecule has 154 valence electrons. The van der Waals surface area contributed by atoms with Gasteiger partial charge in [0.1, 0.15) is 5.69 Å². The molecule has 1 aliphatic carbocycles. The Labute approximate surface area is 176 Å². The normalized spacial score (nSPS) is 16.1. The summed E-state index contributed by atoms with van der Waals surface area (Å²) in [7, 11) is 0. The van der Waals surface area contributed by atoms with E-state index >= 15 is 0 Å². The molecular formula is C23H26N6O. The van der Waals surface area contributed by atoms with Crippen molar-refractivity contribution in [3.63, 3.8) is 0 Å². The Hall–Kier alpha value is -3.22. The second kappa shape index (κ2) is 8.26. The number of carbonyl (C=O) groups is 1. The van der Waals surface area contributed by atoms with Gasteiger partial charge in [-0.05, 0) is 49.3 Å². The number of anilines is 1. The van der Waals surface area contributed by atoms with Gasteiger partial charge < -0.3 is 14.8 Å². The van der Waals surface area contributed by atoms with E-state index in [0.29, 0.717) is 18.2 Å². The van der Waals surface area contributed by atoms with Gasteiger partial charge in [-0.15, -0.1) is 0 Å². The molecule has 30 heavy (non-hydrogen) atoms. The molecule has 0 radical (unpaired) electrons. The number of nitrogens with zero attached hydrogens (tertiary/aromatic N) is 5. The molecule has 7 heteroatoms. The van der Waals surface area contributed by atoms with Crippen LogP contribution >= 0.6 is 0 Å². The molecule has 2 aliphatic rings. The number of amides is 1. The van der Waals surface area contributed by atoms with Crippen LogP contribution < -0.4 is 10.2 Å². The molecule has 0 aromatic carbocycles. The Kier molecular flexibility index (Phi) is 5.17. The summed E-state index contributed by atoms with van der Waals surface area (Å²) in [6, 6.07) is 5.79. The Morgan fingerprint density at radius 3 is 2.60 bits per heavy atom. The number of rotatable bonds is 7. The number of hydrogen-bond donors (Lipinski definition) is 1. The van der Waals surface area contributed by atoms with Gasteiger partial charge in [-0.3, -0.25) is 9.78 Å². The van der Waals surface area contributed by atoms with Crippen LogP contribution in [0.3, 0.4) is 0 Å². The van der Waals surface area contributed by atoms with Crippen molar-refractivity contribution in [2.24, 2.45) is 5.92 Å². The zero-order valence-electron chi connectivity index (χ0n) is 17.0. The summed E-state index contributed by atoms with van der Waals surface area (Å²) in [6.45, 7) is 3.39.